The Hall–Kier alpha value is -1.02. The van der Waals surface area contributed by atoms with Crippen LogP contribution in [-0.2, 0) is 14.8 Å². The number of sulfonamides is 1. The lowest BCUT2D eigenvalue weighted by Crippen LogP contribution is -2.13. The van der Waals surface area contributed by atoms with Gasteiger partial charge in [0.25, 0.3) is 0 Å². The van der Waals surface area contributed by atoms with Crippen molar-refractivity contribution in [1.82, 2.24) is 0 Å². The van der Waals surface area contributed by atoms with Gasteiger partial charge in [-0.2, -0.15) is 0 Å². The van der Waals surface area contributed by atoms with Gasteiger partial charge in [0.1, 0.15) is 22.7 Å². The third kappa shape index (κ3) is 4.74. The van der Waals surface area contributed by atoms with Crippen molar-refractivity contribution in [2.75, 3.05) is 13.2 Å². The Morgan fingerprint density at radius 1 is 1.57 bits per heavy atom. The summed E-state index contributed by atoms with van der Waals surface area (Å²) in [6.07, 6.45) is 1.69. The van der Waals surface area contributed by atoms with Gasteiger partial charge in [-0.05, 0) is 19.9 Å². The molecule has 1 fully saturated rings. The second-order valence-electron chi connectivity index (χ2n) is 4.72. The van der Waals surface area contributed by atoms with Crippen molar-refractivity contribution in [1.29, 1.82) is 0 Å². The van der Waals surface area contributed by atoms with Crippen LogP contribution >= 0.6 is 11.8 Å². The number of primary sulfonamides is 1. The first-order chi connectivity index (χ1) is 9.91. The van der Waals surface area contributed by atoms with Gasteiger partial charge in [-0.25, -0.2) is 13.6 Å². The molecule has 1 saturated heterocycles. The lowest BCUT2D eigenvalue weighted by molar-refractivity contribution is 0.261. The van der Waals surface area contributed by atoms with Gasteiger partial charge in [-0.15, -0.1) is 11.8 Å². The van der Waals surface area contributed by atoms with E-state index in [1.54, 1.807) is 6.92 Å². The van der Waals surface area contributed by atoms with E-state index in [0.29, 0.717) is 6.61 Å². The first-order valence-corrected chi connectivity index (χ1v) is 9.03. The summed E-state index contributed by atoms with van der Waals surface area (Å²) in [7, 11) is -3.68. The van der Waals surface area contributed by atoms with E-state index in [2.05, 4.69) is 0 Å². The zero-order valence-electron chi connectivity index (χ0n) is 12.0. The molecule has 2 unspecified atom stereocenters. The van der Waals surface area contributed by atoms with Crippen molar-refractivity contribution in [3.8, 4) is 5.75 Å². The molecule has 7 heteroatoms. The van der Waals surface area contributed by atoms with Crippen LogP contribution in [0.3, 0.4) is 0 Å². The zero-order chi connectivity index (χ0) is 15.5. The van der Waals surface area contributed by atoms with Crippen LogP contribution < -0.4 is 9.88 Å². The Kier molecular flexibility index (Phi) is 5.32. The average molecular weight is 329 g/mol. The summed E-state index contributed by atoms with van der Waals surface area (Å²) in [6, 6.07) is 7.59. The quantitative estimate of drug-likeness (QED) is 0.777. The van der Waals surface area contributed by atoms with E-state index in [1.807, 2.05) is 31.2 Å². The second-order valence-corrected chi connectivity index (χ2v) is 7.89. The Bertz CT molecular complexity index is 624. The van der Waals surface area contributed by atoms with Gasteiger partial charge in [-0.3, -0.25) is 0 Å². The molecular formula is C14H19NO4S2. The molecule has 21 heavy (non-hydrogen) atoms. The molecule has 1 aliphatic heterocycles. The Morgan fingerprint density at radius 2 is 2.24 bits per heavy atom. The third-order valence-corrected chi connectivity index (χ3v) is 5.85. The first-order valence-electron chi connectivity index (χ1n) is 6.61. The van der Waals surface area contributed by atoms with Crippen LogP contribution in [0.15, 0.2) is 34.6 Å². The predicted molar refractivity (Wildman–Crippen MR) is 84.5 cm³/mol. The lowest BCUT2D eigenvalue weighted by Gasteiger charge is -2.17. The first kappa shape index (κ1) is 16.4. The molecule has 0 bridgehead atoms. The molecule has 2 atom stereocenters. The van der Waals surface area contributed by atoms with Crippen molar-refractivity contribution in [2.45, 2.75) is 25.2 Å². The third-order valence-electron chi connectivity index (χ3n) is 2.99. The van der Waals surface area contributed by atoms with Crippen molar-refractivity contribution in [3.63, 3.8) is 0 Å². The summed E-state index contributed by atoms with van der Waals surface area (Å²) in [6.45, 7) is 4.84. The van der Waals surface area contributed by atoms with Crippen LogP contribution in [0.25, 0.3) is 0 Å². The fourth-order valence-corrected chi connectivity index (χ4v) is 3.94. The van der Waals surface area contributed by atoms with Gasteiger partial charge in [0.2, 0.25) is 10.0 Å². The van der Waals surface area contributed by atoms with E-state index in [-0.39, 0.29) is 15.6 Å². The van der Waals surface area contributed by atoms with E-state index in [1.165, 1.54) is 17.8 Å². The van der Waals surface area contributed by atoms with Crippen LogP contribution in [-0.4, -0.2) is 27.7 Å². The standard InChI is InChI=1S/C14H19NO4S2/c1-3-14(21(15,16)17)20-10(2)12-6-4-5-7-13(12)19-9-11-8-18-11/h3-7,10-11H,8-9H2,1-2H3,(H2,15,16,17)/b14-3+. The molecule has 0 aliphatic carbocycles. The van der Waals surface area contributed by atoms with Crippen LogP contribution in [0, 0.1) is 0 Å². The second kappa shape index (κ2) is 6.83. The molecule has 116 valence electrons. The molecule has 2 N–H and O–H groups in total. The smallest absolute Gasteiger partial charge is 0.243 e. The highest BCUT2D eigenvalue weighted by Gasteiger charge is 2.24. The number of benzene rings is 1. The fraction of sp³-hybridized carbons (Fsp3) is 0.429. The minimum absolute atomic E-state index is 0.0918. The maximum absolute atomic E-state index is 11.5. The maximum atomic E-state index is 11.5. The molecule has 0 spiro atoms. The Balaban J connectivity index is 2.12. The molecule has 0 amide bonds. The normalized spacial score (nSPS) is 20.1. The van der Waals surface area contributed by atoms with E-state index >= 15 is 0 Å². The minimum Gasteiger partial charge on any atom is -0.490 e. The molecule has 2 rings (SSSR count). The zero-order valence-corrected chi connectivity index (χ0v) is 13.6. The van der Waals surface area contributed by atoms with Crippen molar-refractivity contribution in [2.24, 2.45) is 5.14 Å². The fourth-order valence-electron chi connectivity index (χ4n) is 1.83. The SMILES string of the molecule is C/C=C(\SC(C)c1ccccc1OCC1CO1)S(N)(=O)=O. The van der Waals surface area contributed by atoms with E-state index in [9.17, 15) is 8.42 Å². The van der Waals surface area contributed by atoms with E-state index in [4.69, 9.17) is 14.6 Å². The molecule has 0 aromatic heterocycles. The van der Waals surface area contributed by atoms with Gasteiger partial charge in [0.05, 0.1) is 6.61 Å². The predicted octanol–water partition coefficient (Wildman–Crippen LogP) is 2.41. The van der Waals surface area contributed by atoms with Crippen LogP contribution in [0.5, 0.6) is 5.75 Å². The van der Waals surface area contributed by atoms with Crippen LogP contribution in [0.2, 0.25) is 0 Å². The lowest BCUT2D eigenvalue weighted by atomic mass is 10.1. The van der Waals surface area contributed by atoms with E-state index in [0.717, 1.165) is 17.9 Å². The molecule has 1 heterocycles. The number of para-hydroxylation sites is 1. The molecule has 0 saturated carbocycles. The molecule has 0 radical (unpaired) electrons. The number of nitrogens with two attached hydrogens (primary N) is 1. The number of thioether (sulfide) groups is 1. The maximum Gasteiger partial charge on any atom is 0.243 e. The number of hydrogen-bond acceptors (Lipinski definition) is 5. The highest BCUT2D eigenvalue weighted by molar-refractivity contribution is 8.18. The van der Waals surface area contributed by atoms with Gasteiger partial charge >= 0.3 is 0 Å². The van der Waals surface area contributed by atoms with Crippen LogP contribution in [0.4, 0.5) is 0 Å². The topological polar surface area (TPSA) is 81.9 Å². The monoisotopic (exact) mass is 329 g/mol. The van der Waals surface area contributed by atoms with Gasteiger partial charge in [-0.1, -0.05) is 24.3 Å². The highest BCUT2D eigenvalue weighted by Crippen LogP contribution is 2.39. The van der Waals surface area contributed by atoms with Crippen molar-refractivity contribution < 1.29 is 17.9 Å². The Labute approximate surface area is 129 Å². The largest absolute Gasteiger partial charge is 0.490 e. The Morgan fingerprint density at radius 3 is 2.81 bits per heavy atom. The van der Waals surface area contributed by atoms with Crippen molar-refractivity contribution in [3.05, 3.63) is 40.1 Å². The molecule has 5 nitrogen and oxygen atoms in total. The van der Waals surface area contributed by atoms with Gasteiger partial charge < -0.3 is 9.47 Å². The number of hydrogen-bond donors (Lipinski definition) is 1. The van der Waals surface area contributed by atoms with Crippen molar-refractivity contribution >= 4 is 21.8 Å². The summed E-state index contributed by atoms with van der Waals surface area (Å²) in [5, 5.41) is 5.10. The number of ether oxygens (including phenoxy) is 2. The van der Waals surface area contributed by atoms with Gasteiger partial charge in [0.15, 0.2) is 0 Å². The molecular weight excluding hydrogens is 310 g/mol. The molecule has 1 aromatic rings. The number of rotatable bonds is 7. The molecule has 1 aromatic carbocycles. The van der Waals surface area contributed by atoms with E-state index < -0.39 is 10.0 Å². The van der Waals surface area contributed by atoms with Gasteiger partial charge in [0, 0.05) is 10.8 Å². The van der Waals surface area contributed by atoms with Crippen LogP contribution in [0.1, 0.15) is 24.7 Å². The minimum atomic E-state index is -3.68. The summed E-state index contributed by atoms with van der Waals surface area (Å²) in [5.74, 6) is 0.748. The highest BCUT2D eigenvalue weighted by atomic mass is 32.3. The summed E-state index contributed by atoms with van der Waals surface area (Å²) in [4.78, 5) is 0. The average Bonchev–Trinajstić information content (AvgIpc) is 3.25. The molecule has 1 aliphatic rings. The number of allylic oxidation sites excluding steroid dienone is 1. The summed E-state index contributed by atoms with van der Waals surface area (Å²) >= 11 is 1.21. The number of epoxide rings is 1. The summed E-state index contributed by atoms with van der Waals surface area (Å²) < 4.78 is 34.0. The summed E-state index contributed by atoms with van der Waals surface area (Å²) in [5.41, 5.74) is 0.936.